The number of amides is 1. The van der Waals surface area contributed by atoms with E-state index >= 15 is 0 Å². The van der Waals surface area contributed by atoms with Crippen LogP contribution in [0.25, 0.3) is 0 Å². The fraction of sp³-hybridized carbons (Fsp3) is 0.389. The molecule has 1 aromatic carbocycles. The number of benzene rings is 1. The smallest absolute Gasteiger partial charge is 0.356 e. The van der Waals surface area contributed by atoms with Gasteiger partial charge in [-0.2, -0.15) is 13.2 Å². The molecule has 0 unspecified atom stereocenters. The molecule has 0 radical (unpaired) electrons. The predicted octanol–water partition coefficient (Wildman–Crippen LogP) is 2.53. The zero-order chi connectivity index (χ0) is 20.6. The first-order valence-electron chi connectivity index (χ1n) is 8.53. The molecule has 0 saturated heterocycles. The molecule has 10 heteroatoms. The minimum atomic E-state index is -4.43. The van der Waals surface area contributed by atoms with Crippen LogP contribution >= 0.6 is 11.3 Å². The Morgan fingerprint density at radius 3 is 2.54 bits per heavy atom. The Morgan fingerprint density at radius 2 is 1.93 bits per heavy atom. The molecule has 0 saturated carbocycles. The number of hydrogen-bond acceptors (Lipinski definition) is 4. The van der Waals surface area contributed by atoms with E-state index in [9.17, 15) is 18.0 Å². The van der Waals surface area contributed by atoms with Gasteiger partial charge in [0.1, 0.15) is 0 Å². The van der Waals surface area contributed by atoms with Gasteiger partial charge in [0.2, 0.25) is 5.91 Å². The van der Waals surface area contributed by atoms with E-state index in [0.717, 1.165) is 22.3 Å². The summed E-state index contributed by atoms with van der Waals surface area (Å²) in [6, 6.07) is 9.58. The van der Waals surface area contributed by atoms with Crippen LogP contribution in [-0.2, 0) is 23.9 Å². The minimum absolute atomic E-state index is 0.0586. The van der Waals surface area contributed by atoms with Gasteiger partial charge < -0.3 is 15.5 Å². The second kappa shape index (κ2) is 10.1. The number of hydrogen-bond donors (Lipinski definition) is 2. The first kappa shape index (κ1) is 21.7. The van der Waals surface area contributed by atoms with Gasteiger partial charge in [-0.25, -0.2) is 9.98 Å². The van der Waals surface area contributed by atoms with Crippen LogP contribution in [0.15, 0.2) is 40.7 Å². The summed E-state index contributed by atoms with van der Waals surface area (Å²) in [6.45, 7) is 0.798. The van der Waals surface area contributed by atoms with Crippen LogP contribution in [-0.4, -0.2) is 48.9 Å². The lowest BCUT2D eigenvalue weighted by atomic mass is 10.2. The van der Waals surface area contributed by atoms with Gasteiger partial charge in [0.25, 0.3) is 0 Å². The van der Waals surface area contributed by atoms with Crippen LogP contribution in [0.5, 0.6) is 0 Å². The first-order valence-corrected chi connectivity index (χ1v) is 9.41. The zero-order valence-corrected chi connectivity index (χ0v) is 16.4. The molecule has 2 rings (SSSR count). The van der Waals surface area contributed by atoms with Crippen molar-refractivity contribution in [1.29, 1.82) is 0 Å². The van der Waals surface area contributed by atoms with E-state index in [2.05, 4.69) is 20.6 Å². The highest BCUT2D eigenvalue weighted by molar-refractivity contribution is 7.09. The fourth-order valence-corrected chi connectivity index (χ4v) is 2.89. The summed E-state index contributed by atoms with van der Waals surface area (Å²) in [6.07, 6.45) is -4.12. The average Bonchev–Trinajstić information content (AvgIpc) is 3.13. The van der Waals surface area contributed by atoms with E-state index < -0.39 is 11.9 Å². The number of thiazole rings is 1. The largest absolute Gasteiger partial charge is 0.434 e. The Balaban J connectivity index is 1.94. The molecule has 0 spiro atoms. The summed E-state index contributed by atoms with van der Waals surface area (Å²) in [5.41, 5.74) is 0.123. The summed E-state index contributed by atoms with van der Waals surface area (Å²) in [5, 5.41) is 7.36. The molecule has 152 valence electrons. The highest BCUT2D eigenvalue weighted by Gasteiger charge is 2.33. The SMILES string of the molecule is CN(C)C(=O)CNC(=NCc1ccccc1)NCCc1nc(C(F)(F)F)cs1. The van der Waals surface area contributed by atoms with Crippen molar-refractivity contribution in [2.75, 3.05) is 27.2 Å². The maximum absolute atomic E-state index is 12.6. The molecule has 1 heterocycles. The van der Waals surface area contributed by atoms with Crippen LogP contribution in [0.2, 0.25) is 0 Å². The van der Waals surface area contributed by atoms with E-state index in [4.69, 9.17) is 0 Å². The van der Waals surface area contributed by atoms with Gasteiger partial charge in [-0.1, -0.05) is 30.3 Å². The number of aliphatic imine (C=N–C) groups is 1. The van der Waals surface area contributed by atoms with E-state index in [1.165, 1.54) is 4.90 Å². The molecule has 1 aromatic heterocycles. The summed E-state index contributed by atoms with van der Waals surface area (Å²) >= 11 is 0.968. The number of aromatic nitrogens is 1. The summed E-state index contributed by atoms with van der Waals surface area (Å²) in [7, 11) is 3.30. The third kappa shape index (κ3) is 7.18. The lowest BCUT2D eigenvalue weighted by Gasteiger charge is -2.14. The number of nitrogens with one attached hydrogen (secondary N) is 2. The number of alkyl halides is 3. The molecular weight excluding hydrogens is 391 g/mol. The molecule has 0 aliphatic rings. The third-order valence-corrected chi connectivity index (χ3v) is 4.55. The lowest BCUT2D eigenvalue weighted by molar-refractivity contribution is -0.140. The fourth-order valence-electron chi connectivity index (χ4n) is 2.09. The summed E-state index contributed by atoms with van der Waals surface area (Å²) in [4.78, 5) is 21.3. The van der Waals surface area contributed by atoms with E-state index in [1.54, 1.807) is 14.1 Å². The number of guanidine groups is 1. The summed E-state index contributed by atoms with van der Waals surface area (Å²) in [5.74, 6) is 0.288. The number of likely N-dealkylation sites (N-methyl/N-ethyl adjacent to an activating group) is 1. The number of nitrogens with zero attached hydrogens (tertiary/aromatic N) is 3. The van der Waals surface area contributed by atoms with Gasteiger partial charge in [0.05, 0.1) is 18.1 Å². The lowest BCUT2D eigenvalue weighted by Crippen LogP contribution is -2.43. The Hall–Kier alpha value is -2.62. The first-order chi connectivity index (χ1) is 13.3. The van der Waals surface area contributed by atoms with E-state index in [-0.39, 0.29) is 12.5 Å². The molecule has 0 bridgehead atoms. The molecule has 2 aromatic rings. The van der Waals surface area contributed by atoms with Crippen molar-refractivity contribution < 1.29 is 18.0 Å². The van der Waals surface area contributed by atoms with Crippen molar-refractivity contribution in [3.63, 3.8) is 0 Å². The number of rotatable bonds is 7. The molecule has 2 N–H and O–H groups in total. The average molecular weight is 413 g/mol. The van der Waals surface area contributed by atoms with Gasteiger partial charge in [-0.15, -0.1) is 11.3 Å². The molecule has 0 aliphatic carbocycles. The summed E-state index contributed by atoms with van der Waals surface area (Å²) < 4.78 is 37.9. The Kier molecular flexibility index (Phi) is 7.80. The van der Waals surface area contributed by atoms with Crippen LogP contribution in [0.4, 0.5) is 13.2 Å². The number of halogens is 3. The minimum Gasteiger partial charge on any atom is -0.356 e. The number of carbonyl (C=O) groups is 1. The van der Waals surface area contributed by atoms with E-state index in [0.29, 0.717) is 30.5 Å². The second-order valence-electron chi connectivity index (χ2n) is 6.09. The zero-order valence-electron chi connectivity index (χ0n) is 15.6. The highest BCUT2D eigenvalue weighted by atomic mass is 32.1. The Labute approximate surface area is 165 Å². The standard InChI is InChI=1S/C18H22F3N5OS/c1-26(2)16(27)11-24-17(23-10-13-6-4-3-5-7-13)22-9-8-15-25-14(12-28-15)18(19,20)21/h3-7,12H,8-11H2,1-2H3,(H2,22,23,24). The molecule has 0 fully saturated rings. The van der Waals surface area contributed by atoms with Crippen molar-refractivity contribution >= 4 is 23.2 Å². The predicted molar refractivity (Wildman–Crippen MR) is 103 cm³/mol. The van der Waals surface area contributed by atoms with Crippen LogP contribution in [0.1, 0.15) is 16.3 Å². The van der Waals surface area contributed by atoms with Gasteiger partial charge in [0, 0.05) is 32.4 Å². The molecule has 28 heavy (non-hydrogen) atoms. The van der Waals surface area contributed by atoms with Crippen LogP contribution in [0.3, 0.4) is 0 Å². The van der Waals surface area contributed by atoms with Crippen molar-refractivity contribution in [2.45, 2.75) is 19.1 Å². The molecular formula is C18H22F3N5OS. The normalized spacial score (nSPS) is 12.0. The van der Waals surface area contributed by atoms with E-state index in [1.807, 2.05) is 30.3 Å². The Bertz CT molecular complexity index is 790. The van der Waals surface area contributed by atoms with Crippen molar-refractivity contribution in [3.8, 4) is 0 Å². The van der Waals surface area contributed by atoms with Gasteiger partial charge in [0.15, 0.2) is 11.7 Å². The molecule has 0 atom stereocenters. The Morgan fingerprint density at radius 1 is 1.21 bits per heavy atom. The van der Waals surface area contributed by atoms with Gasteiger partial charge >= 0.3 is 6.18 Å². The van der Waals surface area contributed by atoms with Crippen LogP contribution < -0.4 is 10.6 Å². The van der Waals surface area contributed by atoms with Crippen molar-refractivity contribution in [1.82, 2.24) is 20.5 Å². The monoisotopic (exact) mass is 413 g/mol. The maximum atomic E-state index is 12.6. The van der Waals surface area contributed by atoms with Gasteiger partial charge in [-0.3, -0.25) is 4.79 Å². The molecule has 0 aliphatic heterocycles. The maximum Gasteiger partial charge on any atom is 0.434 e. The molecule has 6 nitrogen and oxygen atoms in total. The second-order valence-corrected chi connectivity index (χ2v) is 7.04. The van der Waals surface area contributed by atoms with Crippen molar-refractivity contribution in [2.24, 2.45) is 4.99 Å². The quantitative estimate of drug-likeness (QED) is 0.541. The number of carbonyl (C=O) groups excluding carboxylic acids is 1. The molecule has 1 amide bonds. The van der Waals surface area contributed by atoms with Gasteiger partial charge in [-0.05, 0) is 5.56 Å². The topological polar surface area (TPSA) is 69.6 Å². The third-order valence-electron chi connectivity index (χ3n) is 3.64. The highest BCUT2D eigenvalue weighted by Crippen LogP contribution is 2.29. The van der Waals surface area contributed by atoms with Crippen molar-refractivity contribution in [3.05, 3.63) is 52.0 Å². The van der Waals surface area contributed by atoms with Crippen LogP contribution in [0, 0.1) is 0 Å².